The van der Waals surface area contributed by atoms with Crippen molar-refractivity contribution >= 4 is 5.78 Å². The molecule has 0 heterocycles. The molecule has 1 aliphatic rings. The first kappa shape index (κ1) is 8.29. The van der Waals surface area contributed by atoms with Gasteiger partial charge in [-0.15, -0.1) is 11.8 Å². The van der Waals surface area contributed by atoms with Crippen LogP contribution in [0.4, 0.5) is 0 Å². The molecule has 1 fully saturated rings. The zero-order valence-electron chi connectivity index (χ0n) is 6.81. The number of carbonyl (C=O) groups is 1. The Morgan fingerprint density at radius 1 is 1.64 bits per heavy atom. The van der Waals surface area contributed by atoms with Crippen LogP contribution in [0.5, 0.6) is 0 Å². The minimum absolute atomic E-state index is 0.181. The smallest absolute Gasteiger partial charge is 0.153 e. The number of nitrogens with two attached hydrogens (primary N) is 1. The van der Waals surface area contributed by atoms with E-state index in [1.165, 1.54) is 0 Å². The summed E-state index contributed by atoms with van der Waals surface area (Å²) in [5.74, 6) is 5.79. The predicted molar refractivity (Wildman–Crippen MR) is 43.8 cm³/mol. The van der Waals surface area contributed by atoms with Gasteiger partial charge in [0.25, 0.3) is 0 Å². The zero-order chi connectivity index (χ0) is 8.32. The number of carbonyl (C=O) groups excluding carboxylic acids is 1. The molecule has 0 saturated heterocycles. The molecule has 2 heteroatoms. The van der Waals surface area contributed by atoms with Crippen molar-refractivity contribution in [3.63, 3.8) is 0 Å². The fourth-order valence-corrected chi connectivity index (χ4v) is 0.963. The molecule has 0 spiro atoms. The second-order valence-corrected chi connectivity index (χ2v) is 3.01. The van der Waals surface area contributed by atoms with Gasteiger partial charge in [-0.3, -0.25) is 4.79 Å². The molecule has 11 heavy (non-hydrogen) atoms. The maximum absolute atomic E-state index is 11.2. The summed E-state index contributed by atoms with van der Waals surface area (Å²) in [6, 6.07) is 0. The zero-order valence-corrected chi connectivity index (χ0v) is 6.81. The summed E-state index contributed by atoms with van der Waals surface area (Å²) in [5.41, 5.74) is 5.23. The fraction of sp³-hybridized carbons (Fsp3) is 0.667. The van der Waals surface area contributed by atoms with E-state index in [0.717, 1.165) is 12.8 Å². The highest BCUT2D eigenvalue weighted by Crippen LogP contribution is 2.34. The average Bonchev–Trinajstić information content (AvgIpc) is 2.70. The summed E-state index contributed by atoms with van der Waals surface area (Å²) in [7, 11) is 0. The van der Waals surface area contributed by atoms with Crippen molar-refractivity contribution in [2.45, 2.75) is 38.1 Å². The summed E-state index contributed by atoms with van der Waals surface area (Å²) in [5, 5.41) is 0. The van der Waals surface area contributed by atoms with Gasteiger partial charge in [-0.1, -0.05) is 0 Å². The number of Topliss-reactive ketones (excluding diaryl/α,β-unsaturated/α-hetero) is 1. The SMILES string of the molecule is CC#CCCC(=O)C1(N)CC1. The normalized spacial score (nSPS) is 18.4. The monoisotopic (exact) mass is 151 g/mol. The van der Waals surface area contributed by atoms with E-state index in [2.05, 4.69) is 11.8 Å². The Balaban J connectivity index is 2.25. The lowest BCUT2D eigenvalue weighted by atomic mass is 10.1. The Kier molecular flexibility index (Phi) is 2.31. The quantitative estimate of drug-likeness (QED) is 0.608. The number of hydrogen-bond acceptors (Lipinski definition) is 2. The van der Waals surface area contributed by atoms with Crippen molar-refractivity contribution in [1.82, 2.24) is 0 Å². The Bertz CT molecular complexity index is 217. The van der Waals surface area contributed by atoms with Crippen molar-refractivity contribution < 1.29 is 4.79 Å². The van der Waals surface area contributed by atoms with Crippen molar-refractivity contribution in [1.29, 1.82) is 0 Å². The molecule has 1 rings (SSSR count). The topological polar surface area (TPSA) is 43.1 Å². The van der Waals surface area contributed by atoms with Crippen LogP contribution < -0.4 is 5.73 Å². The maximum atomic E-state index is 11.2. The molecule has 1 aliphatic carbocycles. The maximum Gasteiger partial charge on any atom is 0.153 e. The van der Waals surface area contributed by atoms with Crippen LogP contribution >= 0.6 is 0 Å². The van der Waals surface area contributed by atoms with Crippen molar-refractivity contribution in [3.05, 3.63) is 0 Å². The van der Waals surface area contributed by atoms with E-state index in [9.17, 15) is 4.79 Å². The summed E-state index contributed by atoms with van der Waals surface area (Å²) in [6.07, 6.45) is 2.92. The summed E-state index contributed by atoms with van der Waals surface area (Å²) in [4.78, 5) is 11.2. The molecule has 2 nitrogen and oxygen atoms in total. The minimum Gasteiger partial charge on any atom is -0.319 e. The van der Waals surface area contributed by atoms with Gasteiger partial charge >= 0.3 is 0 Å². The fourth-order valence-electron chi connectivity index (χ4n) is 0.963. The molecule has 0 bridgehead atoms. The summed E-state index contributed by atoms with van der Waals surface area (Å²) >= 11 is 0. The van der Waals surface area contributed by atoms with E-state index in [1.807, 2.05) is 0 Å². The van der Waals surface area contributed by atoms with Crippen LogP contribution in [0.1, 0.15) is 32.6 Å². The Labute approximate surface area is 67.2 Å². The van der Waals surface area contributed by atoms with Gasteiger partial charge in [0.1, 0.15) is 0 Å². The van der Waals surface area contributed by atoms with E-state index in [0.29, 0.717) is 12.8 Å². The lowest BCUT2D eigenvalue weighted by Crippen LogP contribution is -2.32. The standard InChI is InChI=1S/C9H13NO/c1-2-3-4-5-8(11)9(10)6-7-9/h4-7,10H2,1H3. The predicted octanol–water partition coefficient (Wildman–Crippen LogP) is 0.850. The molecule has 0 atom stereocenters. The largest absolute Gasteiger partial charge is 0.319 e. The molecule has 0 amide bonds. The van der Waals surface area contributed by atoms with Crippen LogP contribution in [0.2, 0.25) is 0 Å². The van der Waals surface area contributed by atoms with Gasteiger partial charge in [-0.2, -0.15) is 0 Å². The van der Waals surface area contributed by atoms with Crippen molar-refractivity contribution in [2.75, 3.05) is 0 Å². The molecule has 60 valence electrons. The highest BCUT2D eigenvalue weighted by atomic mass is 16.1. The molecule has 0 aliphatic heterocycles. The summed E-state index contributed by atoms with van der Waals surface area (Å²) in [6.45, 7) is 1.78. The highest BCUT2D eigenvalue weighted by Gasteiger charge is 2.44. The first-order valence-corrected chi connectivity index (χ1v) is 3.91. The first-order chi connectivity index (χ1) is 5.19. The second kappa shape index (κ2) is 3.06. The van der Waals surface area contributed by atoms with E-state index >= 15 is 0 Å². The molecule has 2 N–H and O–H groups in total. The lowest BCUT2D eigenvalue weighted by Gasteiger charge is -2.03. The average molecular weight is 151 g/mol. The summed E-state index contributed by atoms with van der Waals surface area (Å²) < 4.78 is 0. The van der Waals surface area contributed by atoms with Gasteiger partial charge in [-0.25, -0.2) is 0 Å². The van der Waals surface area contributed by atoms with Crippen LogP contribution in [0.15, 0.2) is 0 Å². The molecular formula is C9H13NO. The van der Waals surface area contributed by atoms with Gasteiger partial charge < -0.3 is 5.73 Å². The lowest BCUT2D eigenvalue weighted by molar-refractivity contribution is -0.121. The number of hydrogen-bond donors (Lipinski definition) is 1. The molecule has 0 unspecified atom stereocenters. The van der Waals surface area contributed by atoms with Crippen molar-refractivity contribution in [3.8, 4) is 11.8 Å². The van der Waals surface area contributed by atoms with Gasteiger partial charge in [0, 0.05) is 12.8 Å². The molecule has 1 saturated carbocycles. The van der Waals surface area contributed by atoms with E-state index in [4.69, 9.17) is 5.73 Å². The third-order valence-corrected chi connectivity index (χ3v) is 2.00. The molecule has 0 aromatic rings. The molecule has 0 radical (unpaired) electrons. The van der Waals surface area contributed by atoms with E-state index in [1.54, 1.807) is 6.92 Å². The third-order valence-electron chi connectivity index (χ3n) is 2.00. The third kappa shape index (κ3) is 2.06. The van der Waals surface area contributed by atoms with Gasteiger partial charge in [0.2, 0.25) is 0 Å². The number of rotatable bonds is 3. The van der Waals surface area contributed by atoms with Crippen LogP contribution in [0.3, 0.4) is 0 Å². The second-order valence-electron chi connectivity index (χ2n) is 3.01. The molecule has 0 aromatic heterocycles. The number of ketones is 1. The van der Waals surface area contributed by atoms with Crippen LogP contribution in [-0.4, -0.2) is 11.3 Å². The Morgan fingerprint density at radius 2 is 2.27 bits per heavy atom. The van der Waals surface area contributed by atoms with Gasteiger partial charge in [0.15, 0.2) is 5.78 Å². The van der Waals surface area contributed by atoms with Crippen LogP contribution in [0, 0.1) is 11.8 Å². The molecule has 0 aromatic carbocycles. The van der Waals surface area contributed by atoms with Gasteiger partial charge in [-0.05, 0) is 19.8 Å². The van der Waals surface area contributed by atoms with Crippen molar-refractivity contribution in [2.24, 2.45) is 5.73 Å². The van der Waals surface area contributed by atoms with Gasteiger partial charge in [0.05, 0.1) is 5.54 Å². The van der Waals surface area contributed by atoms with E-state index < -0.39 is 5.54 Å². The first-order valence-electron chi connectivity index (χ1n) is 3.91. The highest BCUT2D eigenvalue weighted by molar-refractivity contribution is 5.91. The Morgan fingerprint density at radius 3 is 2.73 bits per heavy atom. The molecular weight excluding hydrogens is 138 g/mol. The van der Waals surface area contributed by atoms with Crippen LogP contribution in [0.25, 0.3) is 0 Å². The van der Waals surface area contributed by atoms with E-state index in [-0.39, 0.29) is 5.78 Å². The van der Waals surface area contributed by atoms with Crippen LogP contribution in [-0.2, 0) is 4.79 Å². The minimum atomic E-state index is -0.449. The Hall–Kier alpha value is -0.810.